The van der Waals surface area contributed by atoms with Crippen LogP contribution in [-0.4, -0.2) is 13.0 Å². The molecule has 0 saturated carbocycles. The predicted octanol–water partition coefficient (Wildman–Crippen LogP) is 1.45. The van der Waals surface area contributed by atoms with E-state index < -0.39 is 5.91 Å². The Morgan fingerprint density at radius 3 is 2.75 bits per heavy atom. The number of hydrogen-bond donors (Lipinski definition) is 1. The maximum absolute atomic E-state index is 10.8. The van der Waals surface area contributed by atoms with E-state index in [1.807, 2.05) is 0 Å². The number of ether oxygens (including phenoxy) is 1. The van der Waals surface area contributed by atoms with Gasteiger partial charge in [0.2, 0.25) is 0 Å². The summed E-state index contributed by atoms with van der Waals surface area (Å²) in [6.45, 7) is 0. The fourth-order valence-corrected chi connectivity index (χ4v) is 1.04. The normalized spacial score (nSPS) is 9.50. The number of amides is 1. The van der Waals surface area contributed by atoms with E-state index in [0.717, 1.165) is 0 Å². The molecule has 1 aromatic rings. The molecule has 64 valence electrons. The van der Waals surface area contributed by atoms with Crippen LogP contribution in [0.1, 0.15) is 10.4 Å². The lowest BCUT2D eigenvalue weighted by Gasteiger charge is -2.04. The van der Waals surface area contributed by atoms with Gasteiger partial charge in [0.25, 0.3) is 5.91 Å². The van der Waals surface area contributed by atoms with Gasteiger partial charge in [-0.1, -0.05) is 11.6 Å². The fourth-order valence-electron chi connectivity index (χ4n) is 0.873. The number of benzene rings is 1. The van der Waals surface area contributed by atoms with Crippen molar-refractivity contribution in [3.05, 3.63) is 28.8 Å². The molecule has 0 bridgehead atoms. The van der Waals surface area contributed by atoms with Crippen molar-refractivity contribution in [2.45, 2.75) is 0 Å². The van der Waals surface area contributed by atoms with Gasteiger partial charge in [-0.25, -0.2) is 0 Å². The van der Waals surface area contributed by atoms with Crippen molar-refractivity contribution in [1.29, 1.82) is 0 Å². The highest BCUT2D eigenvalue weighted by Gasteiger charge is 2.08. The van der Waals surface area contributed by atoms with Crippen LogP contribution in [0, 0.1) is 0 Å². The second-order valence-corrected chi connectivity index (χ2v) is 2.65. The van der Waals surface area contributed by atoms with Gasteiger partial charge in [0, 0.05) is 5.02 Å². The fraction of sp³-hybridized carbons (Fsp3) is 0.125. The first-order valence-corrected chi connectivity index (χ1v) is 3.66. The molecule has 0 aliphatic heterocycles. The summed E-state index contributed by atoms with van der Waals surface area (Å²) in [5, 5.41) is 0.463. The molecular weight excluding hydrogens is 178 g/mol. The molecule has 2 N–H and O–H groups in total. The summed E-state index contributed by atoms with van der Waals surface area (Å²) in [6, 6.07) is 4.71. The van der Waals surface area contributed by atoms with E-state index in [1.165, 1.54) is 13.2 Å². The summed E-state index contributed by atoms with van der Waals surface area (Å²) in [7, 11) is 1.47. The minimum Gasteiger partial charge on any atom is -0.496 e. The van der Waals surface area contributed by atoms with Gasteiger partial charge in [0.05, 0.1) is 12.7 Å². The van der Waals surface area contributed by atoms with E-state index in [9.17, 15) is 4.79 Å². The summed E-state index contributed by atoms with van der Waals surface area (Å²) >= 11 is 5.65. The van der Waals surface area contributed by atoms with Crippen LogP contribution < -0.4 is 10.5 Å². The minimum atomic E-state index is -0.547. The number of carbonyl (C=O) groups is 1. The number of nitrogens with two attached hydrogens (primary N) is 1. The number of halogens is 1. The number of carbonyl (C=O) groups excluding carboxylic acids is 1. The Hall–Kier alpha value is -1.22. The summed E-state index contributed by atoms with van der Waals surface area (Å²) in [5.41, 5.74) is 5.38. The molecule has 3 nitrogen and oxygen atoms in total. The number of hydrogen-bond acceptors (Lipinski definition) is 2. The molecule has 1 rings (SSSR count). The molecular formula is C8H8ClNO2. The SMILES string of the molecule is COc1ccc(Cl)cc1C(N)=O. The van der Waals surface area contributed by atoms with Gasteiger partial charge in [-0.2, -0.15) is 0 Å². The molecule has 0 spiro atoms. The Kier molecular flexibility index (Phi) is 2.55. The van der Waals surface area contributed by atoms with Gasteiger partial charge >= 0.3 is 0 Å². The molecule has 1 aromatic carbocycles. The topological polar surface area (TPSA) is 52.3 Å². The van der Waals surface area contributed by atoms with Crippen LogP contribution in [0.15, 0.2) is 18.2 Å². The van der Waals surface area contributed by atoms with Crippen LogP contribution in [0.2, 0.25) is 5.02 Å². The lowest BCUT2D eigenvalue weighted by atomic mass is 10.2. The summed E-state index contributed by atoms with van der Waals surface area (Å²) in [5.74, 6) is -0.110. The Morgan fingerprint density at radius 1 is 1.58 bits per heavy atom. The highest BCUT2D eigenvalue weighted by molar-refractivity contribution is 6.31. The maximum Gasteiger partial charge on any atom is 0.252 e. The average molecular weight is 186 g/mol. The molecule has 12 heavy (non-hydrogen) atoms. The van der Waals surface area contributed by atoms with Crippen LogP contribution in [0.25, 0.3) is 0 Å². The first kappa shape index (κ1) is 8.87. The van der Waals surface area contributed by atoms with Gasteiger partial charge in [-0.15, -0.1) is 0 Å². The lowest BCUT2D eigenvalue weighted by Crippen LogP contribution is -2.12. The zero-order chi connectivity index (χ0) is 9.14. The van der Waals surface area contributed by atoms with Crippen molar-refractivity contribution in [3.63, 3.8) is 0 Å². The molecule has 0 aliphatic rings. The van der Waals surface area contributed by atoms with Crippen LogP contribution in [-0.2, 0) is 0 Å². The third-order valence-electron chi connectivity index (χ3n) is 1.43. The average Bonchev–Trinajstić information content (AvgIpc) is 2.04. The third-order valence-corrected chi connectivity index (χ3v) is 1.66. The third kappa shape index (κ3) is 1.68. The van der Waals surface area contributed by atoms with E-state index in [0.29, 0.717) is 16.3 Å². The van der Waals surface area contributed by atoms with Crippen LogP contribution >= 0.6 is 11.6 Å². The largest absolute Gasteiger partial charge is 0.496 e. The van der Waals surface area contributed by atoms with Crippen molar-refractivity contribution in [1.82, 2.24) is 0 Å². The van der Waals surface area contributed by atoms with Crippen molar-refractivity contribution in [2.24, 2.45) is 5.73 Å². The Bertz CT molecular complexity index is 312. The Labute approximate surface area is 75.1 Å². The monoisotopic (exact) mass is 185 g/mol. The van der Waals surface area contributed by atoms with Crippen molar-refractivity contribution < 1.29 is 9.53 Å². The summed E-state index contributed by atoms with van der Waals surface area (Å²) in [6.07, 6.45) is 0. The second kappa shape index (κ2) is 3.45. The standard InChI is InChI=1S/C8H8ClNO2/c1-12-7-3-2-5(9)4-6(7)8(10)11/h2-4H,1H3,(H2,10,11). The highest BCUT2D eigenvalue weighted by atomic mass is 35.5. The van der Waals surface area contributed by atoms with E-state index in [1.54, 1.807) is 12.1 Å². The van der Waals surface area contributed by atoms with Crippen LogP contribution in [0.5, 0.6) is 5.75 Å². The number of methoxy groups -OCH3 is 1. The molecule has 0 radical (unpaired) electrons. The second-order valence-electron chi connectivity index (χ2n) is 2.21. The molecule has 0 saturated heterocycles. The lowest BCUT2D eigenvalue weighted by molar-refractivity contribution is 0.0997. The quantitative estimate of drug-likeness (QED) is 0.758. The van der Waals surface area contributed by atoms with Gasteiger partial charge in [0.1, 0.15) is 5.75 Å². The zero-order valence-corrected chi connectivity index (χ0v) is 7.26. The molecule has 0 heterocycles. The Morgan fingerprint density at radius 2 is 2.25 bits per heavy atom. The van der Waals surface area contributed by atoms with E-state index in [-0.39, 0.29) is 0 Å². The van der Waals surface area contributed by atoms with E-state index in [2.05, 4.69) is 0 Å². The van der Waals surface area contributed by atoms with Crippen LogP contribution in [0.4, 0.5) is 0 Å². The van der Waals surface area contributed by atoms with E-state index in [4.69, 9.17) is 22.1 Å². The van der Waals surface area contributed by atoms with Gasteiger partial charge in [-0.3, -0.25) is 4.79 Å². The smallest absolute Gasteiger partial charge is 0.252 e. The molecule has 4 heteroatoms. The number of primary amides is 1. The van der Waals surface area contributed by atoms with Crippen molar-refractivity contribution in [2.75, 3.05) is 7.11 Å². The van der Waals surface area contributed by atoms with Crippen molar-refractivity contribution >= 4 is 17.5 Å². The summed E-state index contributed by atoms with van der Waals surface area (Å²) < 4.78 is 4.90. The Balaban J connectivity index is 3.21. The van der Waals surface area contributed by atoms with E-state index >= 15 is 0 Å². The van der Waals surface area contributed by atoms with Gasteiger partial charge in [-0.05, 0) is 18.2 Å². The molecule has 0 fully saturated rings. The van der Waals surface area contributed by atoms with Crippen molar-refractivity contribution in [3.8, 4) is 5.75 Å². The minimum absolute atomic E-state index is 0.296. The number of rotatable bonds is 2. The maximum atomic E-state index is 10.8. The first-order chi connectivity index (χ1) is 5.65. The predicted molar refractivity (Wildman–Crippen MR) is 46.5 cm³/mol. The zero-order valence-electron chi connectivity index (χ0n) is 6.50. The molecule has 0 aromatic heterocycles. The molecule has 0 atom stereocenters. The molecule has 0 aliphatic carbocycles. The molecule has 0 unspecified atom stereocenters. The van der Waals surface area contributed by atoms with Gasteiger partial charge < -0.3 is 10.5 Å². The summed E-state index contributed by atoms with van der Waals surface area (Å²) in [4.78, 5) is 10.8. The van der Waals surface area contributed by atoms with Gasteiger partial charge in [0.15, 0.2) is 0 Å². The first-order valence-electron chi connectivity index (χ1n) is 3.28. The highest BCUT2D eigenvalue weighted by Crippen LogP contribution is 2.21. The van der Waals surface area contributed by atoms with Crippen LogP contribution in [0.3, 0.4) is 0 Å². The molecule has 1 amide bonds.